The van der Waals surface area contributed by atoms with Gasteiger partial charge in [-0.3, -0.25) is 4.90 Å². The molecule has 0 amide bonds. The highest BCUT2D eigenvalue weighted by Gasteiger charge is 2.53. The van der Waals surface area contributed by atoms with Crippen molar-refractivity contribution in [3.05, 3.63) is 22.4 Å². The minimum atomic E-state index is -0.884. The SMILES string of the molecule is CC1(C)OB(C(F)=C2CCCN(Cc3csc(N)n3)CC2)OC1(C)C. The first-order valence-electron chi connectivity index (χ1n) is 8.83. The fraction of sp³-hybridized carbons (Fsp3) is 0.706. The molecule has 5 nitrogen and oxygen atoms in total. The largest absolute Gasteiger partial charge is 0.525 e. The van der Waals surface area contributed by atoms with E-state index in [0.717, 1.165) is 43.7 Å². The van der Waals surface area contributed by atoms with Gasteiger partial charge in [-0.05, 0) is 59.1 Å². The zero-order chi connectivity index (χ0) is 18.2. The van der Waals surface area contributed by atoms with E-state index >= 15 is 4.39 Å². The summed E-state index contributed by atoms with van der Waals surface area (Å²) in [5.41, 5.74) is 6.23. The van der Waals surface area contributed by atoms with Crippen molar-refractivity contribution >= 4 is 23.6 Å². The van der Waals surface area contributed by atoms with E-state index in [1.54, 1.807) is 0 Å². The number of nitrogens with two attached hydrogens (primary N) is 1. The highest BCUT2D eigenvalue weighted by molar-refractivity contribution is 7.13. The van der Waals surface area contributed by atoms with E-state index in [9.17, 15) is 0 Å². The molecular formula is C17H27BFN3O2S. The maximum atomic E-state index is 15.0. The van der Waals surface area contributed by atoms with Crippen molar-refractivity contribution in [2.45, 2.75) is 64.7 Å². The Morgan fingerprint density at radius 2 is 1.96 bits per heavy atom. The number of hydrogen-bond donors (Lipinski definition) is 1. The smallest absolute Gasteiger partial charge is 0.398 e. The molecule has 0 bridgehead atoms. The minimum absolute atomic E-state index is 0.238. The molecule has 0 aliphatic carbocycles. The van der Waals surface area contributed by atoms with Crippen molar-refractivity contribution in [1.82, 2.24) is 9.88 Å². The number of likely N-dealkylation sites (tertiary alicyclic amines) is 1. The molecule has 0 aromatic carbocycles. The monoisotopic (exact) mass is 367 g/mol. The van der Waals surface area contributed by atoms with Crippen molar-refractivity contribution in [2.75, 3.05) is 18.8 Å². The predicted molar refractivity (Wildman–Crippen MR) is 99.9 cm³/mol. The van der Waals surface area contributed by atoms with Crippen LogP contribution in [0.3, 0.4) is 0 Å². The Bertz CT molecular complexity index is 646. The van der Waals surface area contributed by atoms with Crippen LogP contribution in [0.5, 0.6) is 0 Å². The second kappa shape index (κ2) is 6.98. The third-order valence-electron chi connectivity index (χ3n) is 5.44. The van der Waals surface area contributed by atoms with E-state index in [0.29, 0.717) is 11.6 Å². The Morgan fingerprint density at radius 1 is 1.28 bits per heavy atom. The summed E-state index contributed by atoms with van der Waals surface area (Å²) in [6, 6.07) is 0. The molecule has 2 aliphatic rings. The summed E-state index contributed by atoms with van der Waals surface area (Å²) in [4.78, 5) is 6.62. The van der Waals surface area contributed by atoms with Crippen LogP contribution in [0, 0.1) is 0 Å². The van der Waals surface area contributed by atoms with Gasteiger partial charge in [0, 0.05) is 18.5 Å². The topological polar surface area (TPSA) is 60.6 Å². The van der Waals surface area contributed by atoms with Crippen LogP contribution in [-0.4, -0.2) is 41.3 Å². The van der Waals surface area contributed by atoms with Gasteiger partial charge in [0.1, 0.15) is 5.73 Å². The number of nitrogen functional groups attached to an aromatic ring is 1. The normalized spacial score (nSPS) is 25.9. The third kappa shape index (κ3) is 4.08. The molecule has 25 heavy (non-hydrogen) atoms. The first-order valence-corrected chi connectivity index (χ1v) is 9.71. The summed E-state index contributed by atoms with van der Waals surface area (Å²) >= 11 is 1.46. The standard InChI is InChI=1S/C17H27BFN3O2S/c1-16(2)17(3,4)24-18(23-16)14(19)12-6-5-8-22(9-7-12)10-13-11-25-15(20)21-13/h11H,5-10H2,1-4H3,(H2,20,21). The Morgan fingerprint density at radius 3 is 2.56 bits per heavy atom. The molecule has 8 heteroatoms. The van der Waals surface area contributed by atoms with Crippen LogP contribution >= 0.6 is 11.3 Å². The fourth-order valence-corrected chi connectivity index (χ4v) is 3.73. The van der Waals surface area contributed by atoms with Gasteiger partial charge in [0.05, 0.1) is 16.9 Å². The van der Waals surface area contributed by atoms with Gasteiger partial charge in [-0.25, -0.2) is 9.37 Å². The van der Waals surface area contributed by atoms with Gasteiger partial charge < -0.3 is 15.0 Å². The van der Waals surface area contributed by atoms with Crippen LogP contribution in [0.15, 0.2) is 16.7 Å². The van der Waals surface area contributed by atoms with E-state index in [1.807, 2.05) is 33.1 Å². The zero-order valence-electron chi connectivity index (χ0n) is 15.5. The summed E-state index contributed by atoms with van der Waals surface area (Å²) in [7, 11) is -0.884. The van der Waals surface area contributed by atoms with Crippen molar-refractivity contribution in [2.24, 2.45) is 0 Å². The zero-order valence-corrected chi connectivity index (χ0v) is 16.3. The molecule has 2 N–H and O–H groups in total. The molecule has 2 aliphatic heterocycles. The Hall–Kier alpha value is -0.955. The van der Waals surface area contributed by atoms with Crippen LogP contribution in [0.25, 0.3) is 0 Å². The molecule has 0 saturated carbocycles. The highest BCUT2D eigenvalue weighted by atomic mass is 32.1. The van der Waals surface area contributed by atoms with Gasteiger partial charge in [0.2, 0.25) is 0 Å². The van der Waals surface area contributed by atoms with Gasteiger partial charge in [-0.1, -0.05) is 0 Å². The number of aromatic nitrogens is 1. The molecule has 2 fully saturated rings. The maximum absolute atomic E-state index is 15.0. The summed E-state index contributed by atoms with van der Waals surface area (Å²) in [5, 5.41) is 2.58. The molecule has 0 atom stereocenters. The quantitative estimate of drug-likeness (QED) is 0.828. The number of halogens is 1. The average Bonchev–Trinajstić information content (AvgIpc) is 2.90. The fourth-order valence-electron chi connectivity index (χ4n) is 3.18. The van der Waals surface area contributed by atoms with Crippen LogP contribution in [-0.2, 0) is 15.9 Å². The second-order valence-corrected chi connectivity index (χ2v) is 8.74. The first-order chi connectivity index (χ1) is 11.7. The number of rotatable bonds is 3. The molecule has 3 heterocycles. The van der Waals surface area contributed by atoms with E-state index in [4.69, 9.17) is 15.0 Å². The van der Waals surface area contributed by atoms with Crippen LogP contribution in [0.1, 0.15) is 52.7 Å². The number of hydrogen-bond acceptors (Lipinski definition) is 6. The van der Waals surface area contributed by atoms with Crippen molar-refractivity contribution in [3.63, 3.8) is 0 Å². The van der Waals surface area contributed by atoms with Crippen LogP contribution in [0.4, 0.5) is 9.52 Å². The third-order valence-corrected chi connectivity index (χ3v) is 6.16. The molecule has 2 saturated heterocycles. The summed E-state index contributed by atoms with van der Waals surface area (Å²) in [5.74, 6) is 0. The molecule has 0 unspecified atom stereocenters. The first kappa shape index (κ1) is 18.8. The summed E-state index contributed by atoms with van der Waals surface area (Å²) in [6.07, 6.45) is 2.35. The van der Waals surface area contributed by atoms with Gasteiger partial charge in [0.15, 0.2) is 5.13 Å². The lowest BCUT2D eigenvalue weighted by molar-refractivity contribution is 0.00578. The highest BCUT2D eigenvalue weighted by Crippen LogP contribution is 2.40. The van der Waals surface area contributed by atoms with Crippen molar-refractivity contribution in [3.8, 4) is 0 Å². The van der Waals surface area contributed by atoms with Crippen molar-refractivity contribution < 1.29 is 13.7 Å². The molecule has 1 aromatic heterocycles. The van der Waals surface area contributed by atoms with Gasteiger partial charge in [-0.2, -0.15) is 0 Å². The maximum Gasteiger partial charge on any atom is 0.525 e. The summed E-state index contributed by atoms with van der Waals surface area (Å²) < 4.78 is 26.7. The van der Waals surface area contributed by atoms with Crippen molar-refractivity contribution in [1.29, 1.82) is 0 Å². The summed E-state index contributed by atoms with van der Waals surface area (Å²) in [6.45, 7) is 10.3. The van der Waals surface area contributed by atoms with E-state index < -0.39 is 18.3 Å². The lowest BCUT2D eigenvalue weighted by Gasteiger charge is -2.32. The second-order valence-electron chi connectivity index (χ2n) is 7.85. The van der Waals surface area contributed by atoms with Gasteiger partial charge in [-0.15, -0.1) is 11.3 Å². The van der Waals surface area contributed by atoms with E-state index in [2.05, 4.69) is 9.88 Å². The molecule has 0 radical (unpaired) electrons. The van der Waals surface area contributed by atoms with Crippen LogP contribution < -0.4 is 5.73 Å². The molecule has 3 rings (SSSR count). The minimum Gasteiger partial charge on any atom is -0.398 e. The number of nitrogens with zero attached hydrogens (tertiary/aromatic N) is 2. The Labute approximate surface area is 153 Å². The predicted octanol–water partition coefficient (Wildman–Crippen LogP) is 3.57. The molecule has 0 spiro atoms. The number of thiazole rings is 1. The van der Waals surface area contributed by atoms with E-state index in [-0.39, 0.29) is 5.73 Å². The Balaban J connectivity index is 1.65. The lowest BCUT2D eigenvalue weighted by atomic mass is 9.83. The molecular weight excluding hydrogens is 340 g/mol. The van der Waals surface area contributed by atoms with Gasteiger partial charge >= 0.3 is 7.12 Å². The van der Waals surface area contributed by atoms with E-state index in [1.165, 1.54) is 11.3 Å². The molecule has 138 valence electrons. The molecule has 1 aromatic rings. The number of anilines is 1. The average molecular weight is 367 g/mol. The lowest BCUT2D eigenvalue weighted by Crippen LogP contribution is -2.41. The van der Waals surface area contributed by atoms with Gasteiger partial charge in [0.25, 0.3) is 0 Å². The Kier molecular flexibility index (Phi) is 5.26. The van der Waals surface area contributed by atoms with Crippen LogP contribution in [0.2, 0.25) is 0 Å².